The lowest BCUT2D eigenvalue weighted by Crippen LogP contribution is -2.06. The molecule has 1 atom stereocenters. The molecule has 0 N–H and O–H groups in total. The highest BCUT2D eigenvalue weighted by Crippen LogP contribution is 2.21. The fraction of sp³-hybridized carbons (Fsp3) is 0.375. The van der Waals surface area contributed by atoms with Gasteiger partial charge < -0.3 is 0 Å². The van der Waals surface area contributed by atoms with Gasteiger partial charge in [0, 0.05) is 5.38 Å². The van der Waals surface area contributed by atoms with E-state index >= 15 is 0 Å². The van der Waals surface area contributed by atoms with Gasteiger partial charge in [0.25, 0.3) is 0 Å². The Labute approximate surface area is 90.6 Å². The Balaban J connectivity index is 2.23. The van der Waals surface area contributed by atoms with Crippen molar-refractivity contribution >= 4 is 22.9 Å². The highest BCUT2D eigenvalue weighted by Gasteiger charge is 2.12. The molecular weight excluding hydrogens is 220 g/mol. The zero-order chi connectivity index (χ0) is 9.97. The van der Waals surface area contributed by atoms with Crippen LogP contribution in [0.2, 0.25) is 0 Å². The highest BCUT2D eigenvalue weighted by molar-refractivity contribution is 7.09. The van der Waals surface area contributed by atoms with E-state index in [1.54, 1.807) is 22.3 Å². The van der Waals surface area contributed by atoms with Crippen LogP contribution >= 0.6 is 22.9 Å². The molecule has 0 fully saturated rings. The molecule has 0 saturated heterocycles. The molecule has 0 radical (unpaired) electrons. The summed E-state index contributed by atoms with van der Waals surface area (Å²) in [5.41, 5.74) is 0.915. The smallest absolute Gasteiger partial charge is 0.137 e. The van der Waals surface area contributed by atoms with Crippen LogP contribution in [0.3, 0.4) is 0 Å². The molecule has 0 aliphatic rings. The second-order valence-corrected chi connectivity index (χ2v) is 4.02. The molecule has 2 rings (SSSR count). The minimum Gasteiger partial charge on any atom is -0.243 e. The Morgan fingerprint density at radius 2 is 2.50 bits per heavy atom. The van der Waals surface area contributed by atoms with E-state index in [2.05, 4.69) is 15.1 Å². The van der Waals surface area contributed by atoms with Gasteiger partial charge in [-0.25, -0.2) is 14.6 Å². The highest BCUT2D eigenvalue weighted by atomic mass is 35.5. The average molecular weight is 229 g/mol. The van der Waals surface area contributed by atoms with Crippen molar-refractivity contribution in [1.82, 2.24) is 19.7 Å². The third kappa shape index (κ3) is 1.78. The van der Waals surface area contributed by atoms with E-state index in [0.29, 0.717) is 5.88 Å². The number of halogens is 1. The van der Waals surface area contributed by atoms with Gasteiger partial charge in [0.2, 0.25) is 0 Å². The third-order valence-electron chi connectivity index (χ3n) is 1.90. The van der Waals surface area contributed by atoms with Crippen LogP contribution in [0.1, 0.15) is 23.7 Å². The normalized spacial score (nSPS) is 13.0. The van der Waals surface area contributed by atoms with Gasteiger partial charge in [0.15, 0.2) is 0 Å². The minimum absolute atomic E-state index is 0.125. The Bertz CT molecular complexity index is 397. The molecule has 0 spiro atoms. The number of alkyl halides is 1. The maximum Gasteiger partial charge on any atom is 0.137 e. The van der Waals surface area contributed by atoms with Gasteiger partial charge in [0.05, 0.1) is 11.6 Å². The molecule has 0 aromatic carbocycles. The maximum absolute atomic E-state index is 5.68. The summed E-state index contributed by atoms with van der Waals surface area (Å²) in [6.45, 7) is 2.03. The van der Waals surface area contributed by atoms with Gasteiger partial charge in [-0.2, -0.15) is 5.10 Å². The first-order valence-corrected chi connectivity index (χ1v) is 5.57. The molecular formula is C8H9ClN4S. The molecule has 0 bridgehead atoms. The summed E-state index contributed by atoms with van der Waals surface area (Å²) in [6, 6.07) is 0.125. The Morgan fingerprint density at radius 1 is 1.64 bits per heavy atom. The molecule has 0 aliphatic heterocycles. The van der Waals surface area contributed by atoms with E-state index in [0.717, 1.165) is 10.7 Å². The number of thiazole rings is 1. The molecule has 0 aliphatic carbocycles. The molecule has 0 saturated carbocycles. The van der Waals surface area contributed by atoms with Crippen molar-refractivity contribution in [2.45, 2.75) is 18.8 Å². The third-order valence-corrected chi connectivity index (χ3v) is 3.23. The number of aromatic nitrogens is 4. The fourth-order valence-corrected chi connectivity index (χ4v) is 2.20. The first-order valence-electron chi connectivity index (χ1n) is 4.15. The van der Waals surface area contributed by atoms with Gasteiger partial charge in [0.1, 0.15) is 23.7 Å². The Hall–Kier alpha value is -0.940. The second-order valence-electron chi connectivity index (χ2n) is 2.86. The van der Waals surface area contributed by atoms with E-state index in [9.17, 15) is 0 Å². The number of hydrogen-bond acceptors (Lipinski definition) is 4. The van der Waals surface area contributed by atoms with Crippen LogP contribution < -0.4 is 0 Å². The maximum atomic E-state index is 5.68. The number of rotatable bonds is 3. The van der Waals surface area contributed by atoms with E-state index in [1.807, 2.05) is 12.3 Å². The fourth-order valence-electron chi connectivity index (χ4n) is 1.11. The minimum atomic E-state index is 0.125. The van der Waals surface area contributed by atoms with Crippen LogP contribution in [0.15, 0.2) is 18.0 Å². The first kappa shape index (κ1) is 9.61. The topological polar surface area (TPSA) is 43.6 Å². The Morgan fingerprint density at radius 3 is 3.07 bits per heavy atom. The number of nitrogens with zero attached hydrogens (tertiary/aromatic N) is 4. The first-order chi connectivity index (χ1) is 6.81. The van der Waals surface area contributed by atoms with Gasteiger partial charge >= 0.3 is 0 Å². The predicted octanol–water partition coefficient (Wildman–Crippen LogP) is 2.08. The summed E-state index contributed by atoms with van der Waals surface area (Å²) in [7, 11) is 0. The summed E-state index contributed by atoms with van der Waals surface area (Å²) < 4.78 is 1.77. The predicted molar refractivity (Wildman–Crippen MR) is 55.5 cm³/mol. The number of hydrogen-bond donors (Lipinski definition) is 0. The van der Waals surface area contributed by atoms with Crippen LogP contribution in [0.4, 0.5) is 0 Å². The monoisotopic (exact) mass is 228 g/mol. The van der Waals surface area contributed by atoms with E-state index in [-0.39, 0.29) is 6.04 Å². The average Bonchev–Trinajstić information content (AvgIpc) is 2.88. The summed E-state index contributed by atoms with van der Waals surface area (Å²) >= 11 is 7.28. The van der Waals surface area contributed by atoms with Crippen LogP contribution in [-0.2, 0) is 5.88 Å². The SMILES string of the molecule is CC(c1nc(CCl)cs1)n1cncn1. The van der Waals surface area contributed by atoms with Gasteiger partial charge in [-0.15, -0.1) is 22.9 Å². The molecule has 14 heavy (non-hydrogen) atoms. The lowest BCUT2D eigenvalue weighted by Gasteiger charge is -2.06. The molecule has 6 heteroatoms. The van der Waals surface area contributed by atoms with Crippen LogP contribution in [0.5, 0.6) is 0 Å². The zero-order valence-corrected chi connectivity index (χ0v) is 9.16. The summed E-state index contributed by atoms with van der Waals surface area (Å²) in [6.07, 6.45) is 3.21. The van der Waals surface area contributed by atoms with Crippen molar-refractivity contribution < 1.29 is 0 Å². The molecule has 2 aromatic rings. The molecule has 2 heterocycles. The largest absolute Gasteiger partial charge is 0.243 e. The summed E-state index contributed by atoms with van der Waals surface area (Å²) in [5.74, 6) is 0.459. The second kappa shape index (κ2) is 4.06. The van der Waals surface area contributed by atoms with Gasteiger partial charge in [-0.05, 0) is 6.92 Å². The van der Waals surface area contributed by atoms with Gasteiger partial charge in [-0.3, -0.25) is 0 Å². The summed E-state index contributed by atoms with van der Waals surface area (Å²) in [4.78, 5) is 8.28. The molecule has 1 unspecified atom stereocenters. The van der Waals surface area contributed by atoms with Gasteiger partial charge in [-0.1, -0.05) is 0 Å². The van der Waals surface area contributed by atoms with Crippen LogP contribution in [0.25, 0.3) is 0 Å². The molecule has 4 nitrogen and oxygen atoms in total. The molecule has 74 valence electrons. The van der Waals surface area contributed by atoms with Crippen molar-refractivity contribution in [2.75, 3.05) is 0 Å². The van der Waals surface area contributed by atoms with Crippen LogP contribution in [0, 0.1) is 0 Å². The van der Waals surface area contributed by atoms with Crippen molar-refractivity contribution in [3.63, 3.8) is 0 Å². The Kier molecular flexibility index (Phi) is 2.79. The standard InChI is InChI=1S/C8H9ClN4S/c1-6(13-5-10-4-11-13)8-12-7(2-9)3-14-8/h3-6H,2H2,1H3. The van der Waals surface area contributed by atoms with E-state index in [1.165, 1.54) is 6.33 Å². The summed E-state index contributed by atoms with van der Waals surface area (Å²) in [5, 5.41) is 7.04. The zero-order valence-electron chi connectivity index (χ0n) is 7.59. The van der Waals surface area contributed by atoms with Crippen LogP contribution in [-0.4, -0.2) is 19.7 Å². The van der Waals surface area contributed by atoms with E-state index < -0.39 is 0 Å². The van der Waals surface area contributed by atoms with Crippen molar-refractivity contribution in [3.8, 4) is 0 Å². The van der Waals surface area contributed by atoms with Crippen molar-refractivity contribution in [1.29, 1.82) is 0 Å². The lowest BCUT2D eigenvalue weighted by molar-refractivity contribution is 0.559. The lowest BCUT2D eigenvalue weighted by atomic mass is 10.4. The van der Waals surface area contributed by atoms with Crippen molar-refractivity contribution in [3.05, 3.63) is 28.7 Å². The molecule has 2 aromatic heterocycles. The van der Waals surface area contributed by atoms with Crippen molar-refractivity contribution in [2.24, 2.45) is 0 Å². The molecule has 0 amide bonds. The van der Waals surface area contributed by atoms with E-state index in [4.69, 9.17) is 11.6 Å². The quantitative estimate of drug-likeness (QED) is 0.756.